The first kappa shape index (κ1) is 18.7. The van der Waals surface area contributed by atoms with Crippen molar-refractivity contribution >= 4 is 23.1 Å². The van der Waals surface area contributed by atoms with Gasteiger partial charge in [0.1, 0.15) is 5.76 Å². The summed E-state index contributed by atoms with van der Waals surface area (Å²) in [4.78, 5) is 11.5. The maximum atomic E-state index is 10.2. The van der Waals surface area contributed by atoms with Gasteiger partial charge < -0.3 is 15.3 Å². The maximum Gasteiger partial charge on any atom is 0.227 e. The van der Waals surface area contributed by atoms with Crippen LogP contribution >= 0.6 is 0 Å². The van der Waals surface area contributed by atoms with Gasteiger partial charge in [-0.3, -0.25) is 0 Å². The zero-order chi connectivity index (χ0) is 20.3. The molecule has 1 aromatic heterocycles. The van der Waals surface area contributed by atoms with Gasteiger partial charge in [-0.05, 0) is 68.0 Å². The molecular weight excluding hydrogens is 372 g/mol. The number of hydrogen-bond acceptors (Lipinski definition) is 5. The van der Waals surface area contributed by atoms with E-state index in [0.29, 0.717) is 11.7 Å². The number of nitrogens with one attached hydrogen (secondary N) is 1. The summed E-state index contributed by atoms with van der Waals surface area (Å²) in [5.74, 6) is 1.00. The van der Waals surface area contributed by atoms with Crippen LogP contribution in [0.3, 0.4) is 0 Å². The smallest absolute Gasteiger partial charge is 0.227 e. The zero-order valence-electron chi connectivity index (χ0n) is 17.0. The Hall–Kier alpha value is -3.34. The minimum atomic E-state index is 0.430. The highest BCUT2D eigenvalue weighted by molar-refractivity contribution is 5.69. The Kier molecular flexibility index (Phi) is 5.10. The molecule has 1 saturated carbocycles. The van der Waals surface area contributed by atoms with E-state index in [1.807, 2.05) is 30.3 Å². The van der Waals surface area contributed by atoms with Crippen LogP contribution in [0.15, 0.2) is 66.4 Å². The largest absolute Gasteiger partial charge is 0.507 e. The third-order valence-corrected chi connectivity index (χ3v) is 5.79. The highest BCUT2D eigenvalue weighted by Crippen LogP contribution is 2.35. The van der Waals surface area contributed by atoms with Crippen LogP contribution in [0.5, 0.6) is 0 Å². The maximum absolute atomic E-state index is 10.2. The Bertz CT molecular complexity index is 1050. The minimum absolute atomic E-state index is 0.430. The van der Waals surface area contributed by atoms with Gasteiger partial charge in [-0.1, -0.05) is 24.3 Å². The fourth-order valence-electron chi connectivity index (χ4n) is 3.92. The molecule has 1 aliphatic heterocycles. The predicted octanol–water partition coefficient (Wildman–Crippen LogP) is 5.94. The highest BCUT2D eigenvalue weighted by Gasteiger charge is 2.18. The average molecular weight is 399 g/mol. The van der Waals surface area contributed by atoms with E-state index in [1.165, 1.54) is 24.9 Å². The predicted molar refractivity (Wildman–Crippen MR) is 122 cm³/mol. The quantitative estimate of drug-likeness (QED) is 0.521. The fourth-order valence-corrected chi connectivity index (χ4v) is 3.92. The highest BCUT2D eigenvalue weighted by atomic mass is 16.3. The second kappa shape index (κ2) is 8.19. The fraction of sp³-hybridized carbons (Fsp3) is 0.280. The Morgan fingerprint density at radius 1 is 0.867 bits per heavy atom. The van der Waals surface area contributed by atoms with Crippen LogP contribution in [0.2, 0.25) is 0 Å². The molecular formula is C25H26N4O. The molecule has 0 atom stereocenters. The molecule has 2 fully saturated rings. The topological polar surface area (TPSA) is 61.3 Å². The summed E-state index contributed by atoms with van der Waals surface area (Å²) in [5, 5.41) is 13.5. The van der Waals surface area contributed by atoms with Gasteiger partial charge in [-0.2, -0.15) is 0 Å². The molecule has 3 aromatic rings. The summed E-state index contributed by atoms with van der Waals surface area (Å²) in [5.41, 5.74) is 6.11. The van der Waals surface area contributed by atoms with Gasteiger partial charge in [0.05, 0.1) is 5.69 Å². The van der Waals surface area contributed by atoms with E-state index in [4.69, 9.17) is 0 Å². The second-order valence-corrected chi connectivity index (χ2v) is 8.01. The Balaban J connectivity index is 1.29. The van der Waals surface area contributed by atoms with Crippen molar-refractivity contribution in [2.45, 2.75) is 32.1 Å². The lowest BCUT2D eigenvalue weighted by Crippen LogP contribution is -2.29. The van der Waals surface area contributed by atoms with Crippen LogP contribution in [-0.2, 0) is 0 Å². The third kappa shape index (κ3) is 4.15. The zero-order valence-corrected chi connectivity index (χ0v) is 17.0. The molecule has 5 heteroatoms. The third-order valence-electron chi connectivity index (χ3n) is 5.79. The van der Waals surface area contributed by atoms with E-state index < -0.39 is 0 Å². The van der Waals surface area contributed by atoms with Crippen molar-refractivity contribution in [2.24, 2.45) is 0 Å². The molecule has 0 bridgehead atoms. The summed E-state index contributed by atoms with van der Waals surface area (Å²) in [6, 6.07) is 18.3. The van der Waals surface area contributed by atoms with E-state index in [1.54, 1.807) is 6.20 Å². The molecule has 2 heterocycles. The standard InChI is InChI=1S/C25H26N4O/c30-24(20-8-9-20)19-6-4-18(5-7-19)23-14-15-26-25(28-23)27-21-10-12-22(13-11-21)29-16-2-1-3-17-29/h4-7,10-15,30H,1-3,8-9,16-17H2,(H,26,27,28). The molecule has 1 aliphatic carbocycles. The first-order valence-electron chi connectivity index (χ1n) is 10.7. The number of aromatic nitrogens is 2. The number of aliphatic hydroxyl groups is 1. The molecule has 0 spiro atoms. The summed E-state index contributed by atoms with van der Waals surface area (Å²) in [7, 11) is 0. The molecule has 0 unspecified atom stereocenters. The molecule has 2 aromatic carbocycles. The first-order chi connectivity index (χ1) is 14.8. The van der Waals surface area contributed by atoms with E-state index in [-0.39, 0.29) is 0 Å². The summed E-state index contributed by atoms with van der Waals surface area (Å²) in [6.45, 7) is 2.29. The van der Waals surface area contributed by atoms with Gasteiger partial charge in [-0.25, -0.2) is 9.97 Å². The average Bonchev–Trinajstić information content (AvgIpc) is 3.66. The van der Waals surface area contributed by atoms with Gasteiger partial charge >= 0.3 is 0 Å². The number of benzene rings is 2. The van der Waals surface area contributed by atoms with E-state index in [2.05, 4.69) is 44.5 Å². The Labute approximate surface area is 177 Å². The number of anilines is 3. The number of hydrogen-bond donors (Lipinski definition) is 2. The van der Waals surface area contributed by atoms with Crippen LogP contribution in [0.1, 0.15) is 37.7 Å². The molecule has 2 N–H and O–H groups in total. The number of piperidine rings is 1. The molecule has 2 aliphatic rings. The van der Waals surface area contributed by atoms with E-state index in [9.17, 15) is 5.11 Å². The molecule has 30 heavy (non-hydrogen) atoms. The van der Waals surface area contributed by atoms with Crippen molar-refractivity contribution in [3.05, 3.63) is 71.9 Å². The second-order valence-electron chi connectivity index (χ2n) is 8.01. The van der Waals surface area contributed by atoms with Crippen molar-refractivity contribution < 1.29 is 5.11 Å². The van der Waals surface area contributed by atoms with Crippen molar-refractivity contribution in [2.75, 3.05) is 23.3 Å². The van der Waals surface area contributed by atoms with Gasteiger partial charge in [0.2, 0.25) is 5.95 Å². The molecule has 0 radical (unpaired) electrons. The lowest BCUT2D eigenvalue weighted by Gasteiger charge is -2.28. The van der Waals surface area contributed by atoms with Crippen molar-refractivity contribution in [1.82, 2.24) is 9.97 Å². The summed E-state index contributed by atoms with van der Waals surface area (Å²) >= 11 is 0. The Morgan fingerprint density at radius 2 is 1.60 bits per heavy atom. The molecule has 5 nitrogen and oxygen atoms in total. The number of rotatable bonds is 5. The van der Waals surface area contributed by atoms with Crippen LogP contribution in [0.4, 0.5) is 17.3 Å². The van der Waals surface area contributed by atoms with E-state index in [0.717, 1.165) is 54.0 Å². The van der Waals surface area contributed by atoms with Crippen LogP contribution in [0.25, 0.3) is 17.0 Å². The van der Waals surface area contributed by atoms with Crippen molar-refractivity contribution in [3.63, 3.8) is 0 Å². The number of aliphatic hydroxyl groups excluding tert-OH is 1. The number of allylic oxidation sites excluding steroid dienone is 1. The van der Waals surface area contributed by atoms with Crippen molar-refractivity contribution in [3.8, 4) is 11.3 Å². The summed E-state index contributed by atoms with van der Waals surface area (Å²) in [6.07, 6.45) is 7.67. The lowest BCUT2D eigenvalue weighted by atomic mass is 10.1. The van der Waals surface area contributed by atoms with Crippen LogP contribution in [-0.4, -0.2) is 28.2 Å². The van der Waals surface area contributed by atoms with Gasteiger partial charge in [0, 0.05) is 41.8 Å². The molecule has 152 valence electrons. The summed E-state index contributed by atoms with van der Waals surface area (Å²) < 4.78 is 0. The lowest BCUT2D eigenvalue weighted by molar-refractivity contribution is 0.509. The Morgan fingerprint density at radius 3 is 2.30 bits per heavy atom. The van der Waals surface area contributed by atoms with Crippen molar-refractivity contribution in [1.29, 1.82) is 0 Å². The molecule has 0 amide bonds. The minimum Gasteiger partial charge on any atom is -0.507 e. The van der Waals surface area contributed by atoms with Crippen LogP contribution < -0.4 is 10.2 Å². The SMILES string of the molecule is OC(=C1CC1)c1ccc(-c2ccnc(Nc3ccc(N4CCCCC4)cc3)n2)cc1. The number of nitrogens with zero attached hydrogens (tertiary/aromatic N) is 3. The van der Waals surface area contributed by atoms with Gasteiger partial charge in [0.25, 0.3) is 0 Å². The monoisotopic (exact) mass is 398 g/mol. The van der Waals surface area contributed by atoms with Crippen LogP contribution in [0, 0.1) is 0 Å². The molecule has 1 saturated heterocycles. The first-order valence-corrected chi connectivity index (χ1v) is 10.7. The molecule has 5 rings (SSSR count). The van der Waals surface area contributed by atoms with Gasteiger partial charge in [0.15, 0.2) is 0 Å². The van der Waals surface area contributed by atoms with Gasteiger partial charge in [-0.15, -0.1) is 0 Å². The van der Waals surface area contributed by atoms with E-state index >= 15 is 0 Å². The normalized spacial score (nSPS) is 15.7.